The number of aryl methyl sites for hydroxylation is 4. The average molecular weight is 365 g/mol. The minimum atomic E-state index is -0.0926. The van der Waals surface area contributed by atoms with Crippen LogP contribution in [-0.4, -0.2) is 22.1 Å². The second-order valence-corrected chi connectivity index (χ2v) is 8.02. The lowest BCUT2D eigenvalue weighted by Gasteiger charge is -2.33. The molecule has 0 amide bonds. The molecule has 0 radical (unpaired) electrons. The Bertz CT molecular complexity index is 986. The Balaban J connectivity index is 1.82. The molecule has 0 N–H and O–H groups in total. The maximum Gasteiger partial charge on any atom is 0.147 e. The third-order valence-electron chi connectivity index (χ3n) is 6.17. The zero-order valence-electron chi connectivity index (χ0n) is 16.8. The van der Waals surface area contributed by atoms with Crippen LogP contribution in [0.15, 0.2) is 36.4 Å². The number of hydrogen-bond acceptors (Lipinski definition) is 1. The lowest BCUT2D eigenvalue weighted by Crippen LogP contribution is -2.38. The van der Waals surface area contributed by atoms with Crippen LogP contribution < -0.4 is 0 Å². The molecule has 0 spiro atoms. The molecule has 0 bridgehead atoms. The predicted octanol–water partition coefficient (Wildman–Crippen LogP) is 5.41. The molecule has 1 aliphatic heterocycles. The summed E-state index contributed by atoms with van der Waals surface area (Å²) in [6.45, 7) is 11.5. The lowest BCUT2D eigenvalue weighted by atomic mass is 9.97. The zero-order chi connectivity index (χ0) is 19.1. The van der Waals surface area contributed by atoms with Crippen LogP contribution in [0, 0.1) is 19.7 Å². The minimum Gasteiger partial charge on any atom is -0.341 e. The van der Waals surface area contributed by atoms with E-state index < -0.39 is 0 Å². The fraction of sp³-hybridized carbons (Fsp3) is 0.417. The first-order valence-corrected chi connectivity index (χ1v) is 10.1. The highest BCUT2D eigenvalue weighted by Gasteiger charge is 2.29. The van der Waals surface area contributed by atoms with Gasteiger partial charge in [0.25, 0.3) is 0 Å². The van der Waals surface area contributed by atoms with Crippen molar-refractivity contribution in [3.63, 3.8) is 0 Å². The second-order valence-electron chi connectivity index (χ2n) is 8.02. The Hall–Kier alpha value is -2.13. The van der Waals surface area contributed by atoms with E-state index in [1.165, 1.54) is 27.9 Å². The van der Waals surface area contributed by atoms with Crippen LogP contribution in [0.3, 0.4) is 0 Å². The summed E-state index contributed by atoms with van der Waals surface area (Å²) in [5.74, 6) is -0.0926. The van der Waals surface area contributed by atoms with Gasteiger partial charge in [0.05, 0.1) is 5.52 Å². The largest absolute Gasteiger partial charge is 0.341 e. The lowest BCUT2D eigenvalue weighted by molar-refractivity contribution is 0.192. The smallest absolute Gasteiger partial charge is 0.147 e. The summed E-state index contributed by atoms with van der Waals surface area (Å²) in [7, 11) is 0. The van der Waals surface area contributed by atoms with E-state index >= 15 is 0 Å². The van der Waals surface area contributed by atoms with E-state index in [1.54, 1.807) is 6.07 Å². The first-order chi connectivity index (χ1) is 13.0. The fourth-order valence-electron chi connectivity index (χ4n) is 4.70. The molecule has 4 rings (SSSR count). The van der Waals surface area contributed by atoms with E-state index in [0.717, 1.165) is 43.4 Å². The van der Waals surface area contributed by atoms with Gasteiger partial charge >= 0.3 is 0 Å². The van der Waals surface area contributed by atoms with Crippen LogP contribution >= 0.6 is 0 Å². The molecule has 3 heteroatoms. The zero-order valence-corrected chi connectivity index (χ0v) is 16.8. The highest BCUT2D eigenvalue weighted by atomic mass is 19.1. The third-order valence-corrected chi connectivity index (χ3v) is 6.17. The number of hydrogen-bond donors (Lipinski definition) is 0. The van der Waals surface area contributed by atoms with Gasteiger partial charge in [-0.1, -0.05) is 42.8 Å². The number of fused-ring (bicyclic) bond motifs is 3. The Morgan fingerprint density at radius 3 is 2.70 bits per heavy atom. The third kappa shape index (κ3) is 3.19. The molecule has 0 saturated heterocycles. The molecular weight excluding hydrogens is 335 g/mol. The summed E-state index contributed by atoms with van der Waals surface area (Å²) in [4.78, 5) is 2.50. The van der Waals surface area contributed by atoms with Crippen molar-refractivity contribution in [3.05, 3.63) is 70.2 Å². The van der Waals surface area contributed by atoms with Crippen LogP contribution in [0.4, 0.5) is 4.39 Å². The van der Waals surface area contributed by atoms with Gasteiger partial charge in [-0.2, -0.15) is 0 Å². The van der Waals surface area contributed by atoms with Crippen molar-refractivity contribution in [1.29, 1.82) is 0 Å². The highest BCUT2D eigenvalue weighted by Crippen LogP contribution is 2.36. The molecule has 27 heavy (non-hydrogen) atoms. The Morgan fingerprint density at radius 2 is 1.96 bits per heavy atom. The highest BCUT2D eigenvalue weighted by molar-refractivity contribution is 5.89. The van der Waals surface area contributed by atoms with Crippen LogP contribution in [-0.2, 0) is 25.9 Å². The average Bonchev–Trinajstić information content (AvgIpc) is 2.97. The number of aromatic nitrogens is 1. The number of likely N-dealkylation sites (N-methyl/N-ethyl adjacent to an activating group) is 1. The van der Waals surface area contributed by atoms with Crippen molar-refractivity contribution in [2.75, 3.05) is 6.54 Å². The van der Waals surface area contributed by atoms with Crippen molar-refractivity contribution in [2.24, 2.45) is 0 Å². The van der Waals surface area contributed by atoms with E-state index in [4.69, 9.17) is 0 Å². The predicted molar refractivity (Wildman–Crippen MR) is 111 cm³/mol. The quantitative estimate of drug-likeness (QED) is 0.601. The van der Waals surface area contributed by atoms with E-state index in [0.29, 0.717) is 6.04 Å². The van der Waals surface area contributed by atoms with E-state index in [2.05, 4.69) is 61.4 Å². The van der Waals surface area contributed by atoms with Crippen LogP contribution in [0.5, 0.6) is 0 Å². The standard InChI is InChI=1S/C24H29FN2/c1-5-26-15-20-22(14-18(26)4)27(12-11-19-8-6-7-16(2)13-19)24-21(25)10-9-17(3)23(20)24/h6-10,13,18H,5,11-12,14-15H2,1-4H3. The second kappa shape index (κ2) is 7.12. The minimum absolute atomic E-state index is 0.0926. The monoisotopic (exact) mass is 364 g/mol. The number of rotatable bonds is 4. The molecule has 2 nitrogen and oxygen atoms in total. The molecule has 1 aromatic heterocycles. The van der Waals surface area contributed by atoms with Gasteiger partial charge in [0.2, 0.25) is 0 Å². The summed E-state index contributed by atoms with van der Waals surface area (Å²) < 4.78 is 17.2. The molecular formula is C24H29FN2. The van der Waals surface area contributed by atoms with E-state index in [1.807, 2.05) is 6.07 Å². The SMILES string of the molecule is CCN1Cc2c(n(CCc3cccc(C)c3)c3c(F)ccc(C)c23)CC1C. The van der Waals surface area contributed by atoms with Crippen molar-refractivity contribution in [3.8, 4) is 0 Å². The van der Waals surface area contributed by atoms with E-state index in [9.17, 15) is 4.39 Å². The molecule has 0 fully saturated rings. The molecule has 1 aliphatic rings. The van der Waals surface area contributed by atoms with Gasteiger partial charge in [-0.25, -0.2) is 4.39 Å². The van der Waals surface area contributed by atoms with Crippen molar-refractivity contribution in [2.45, 2.75) is 59.7 Å². The summed E-state index contributed by atoms with van der Waals surface area (Å²) >= 11 is 0. The number of benzene rings is 2. The molecule has 1 atom stereocenters. The molecule has 0 aliphatic carbocycles. The molecule has 2 heterocycles. The first kappa shape index (κ1) is 18.2. The van der Waals surface area contributed by atoms with Gasteiger partial charge in [0.15, 0.2) is 0 Å². The number of halogens is 1. The van der Waals surface area contributed by atoms with Crippen LogP contribution in [0.1, 0.15) is 41.8 Å². The van der Waals surface area contributed by atoms with Crippen molar-refractivity contribution in [1.82, 2.24) is 9.47 Å². The van der Waals surface area contributed by atoms with Crippen molar-refractivity contribution >= 4 is 10.9 Å². The summed E-state index contributed by atoms with van der Waals surface area (Å²) in [6, 6.07) is 12.7. The normalized spacial score (nSPS) is 17.4. The summed E-state index contributed by atoms with van der Waals surface area (Å²) in [6.07, 6.45) is 1.92. The summed E-state index contributed by atoms with van der Waals surface area (Å²) in [5, 5.41) is 1.14. The van der Waals surface area contributed by atoms with Crippen molar-refractivity contribution < 1.29 is 4.39 Å². The van der Waals surface area contributed by atoms with Crippen LogP contribution in [0.2, 0.25) is 0 Å². The topological polar surface area (TPSA) is 8.17 Å². The maximum absolute atomic E-state index is 14.9. The van der Waals surface area contributed by atoms with Gasteiger partial charge in [0.1, 0.15) is 5.82 Å². The molecule has 2 aromatic carbocycles. The molecule has 1 unspecified atom stereocenters. The van der Waals surface area contributed by atoms with E-state index in [-0.39, 0.29) is 5.82 Å². The number of nitrogens with zero attached hydrogens (tertiary/aromatic N) is 2. The van der Waals surface area contributed by atoms with Gasteiger partial charge in [-0.05, 0) is 56.5 Å². The Kier molecular flexibility index (Phi) is 4.81. The van der Waals surface area contributed by atoms with Gasteiger partial charge in [-0.15, -0.1) is 0 Å². The Morgan fingerprint density at radius 1 is 1.15 bits per heavy atom. The molecule has 3 aromatic rings. The maximum atomic E-state index is 14.9. The van der Waals surface area contributed by atoms with Gasteiger partial charge < -0.3 is 4.57 Å². The van der Waals surface area contributed by atoms with Gasteiger partial charge in [0, 0.05) is 36.6 Å². The Labute approximate surface area is 161 Å². The fourth-order valence-corrected chi connectivity index (χ4v) is 4.70. The molecule has 0 saturated carbocycles. The van der Waals surface area contributed by atoms with Gasteiger partial charge in [-0.3, -0.25) is 4.90 Å². The molecule has 142 valence electrons. The first-order valence-electron chi connectivity index (χ1n) is 10.1. The van der Waals surface area contributed by atoms with Crippen LogP contribution in [0.25, 0.3) is 10.9 Å². The summed E-state index contributed by atoms with van der Waals surface area (Å²) in [5.41, 5.74) is 7.26.